The molecule has 1 amide bonds. The third kappa shape index (κ3) is 7.97. The van der Waals surface area contributed by atoms with Crippen LogP contribution in [0.15, 0.2) is 22.9 Å². The van der Waals surface area contributed by atoms with Crippen LogP contribution in [0, 0.1) is 12.8 Å². The molecule has 1 N–H and O–H groups in total. The molecule has 2 aromatic heterocycles. The Kier molecular flexibility index (Phi) is 10.4. The van der Waals surface area contributed by atoms with Gasteiger partial charge in [0, 0.05) is 5.56 Å². The zero-order valence-electron chi connectivity index (χ0n) is 21.0. The van der Waals surface area contributed by atoms with Crippen LogP contribution in [0.5, 0.6) is 5.75 Å². The lowest BCUT2D eigenvalue weighted by Gasteiger charge is -2.28. The number of esters is 1. The number of hydrogen-bond acceptors (Lipinski definition) is 8. The summed E-state index contributed by atoms with van der Waals surface area (Å²) in [5.74, 6) is 0.871. The maximum Gasteiger partial charge on any atom is 0.407 e. The Bertz CT molecular complexity index is 943. The molecule has 192 valence electrons. The lowest BCUT2D eigenvalue weighted by atomic mass is 9.87. The fourth-order valence-corrected chi connectivity index (χ4v) is 4.21. The summed E-state index contributed by atoms with van der Waals surface area (Å²) in [7, 11) is 0. The van der Waals surface area contributed by atoms with Crippen LogP contribution in [0.2, 0.25) is 0 Å². The van der Waals surface area contributed by atoms with E-state index in [2.05, 4.69) is 22.4 Å². The summed E-state index contributed by atoms with van der Waals surface area (Å²) < 4.78 is 22.0. The molecule has 0 radical (unpaired) electrons. The quantitative estimate of drug-likeness (QED) is 0.315. The number of unbranched alkanes of at least 4 members (excludes halogenated alkanes) is 3. The van der Waals surface area contributed by atoms with Gasteiger partial charge in [-0.3, -0.25) is 4.79 Å². The molecular formula is C26H37N3O6. The molecule has 1 saturated carbocycles. The number of hydrogen-bond donors (Lipinski definition) is 1. The predicted octanol–water partition coefficient (Wildman–Crippen LogP) is 5.35. The summed E-state index contributed by atoms with van der Waals surface area (Å²) in [5, 5.41) is 6.80. The first-order valence-electron chi connectivity index (χ1n) is 12.7. The third-order valence-corrected chi connectivity index (χ3v) is 6.14. The van der Waals surface area contributed by atoms with Crippen molar-refractivity contribution in [1.82, 2.24) is 15.5 Å². The van der Waals surface area contributed by atoms with Crippen LogP contribution in [0.4, 0.5) is 4.79 Å². The van der Waals surface area contributed by atoms with E-state index in [1.165, 1.54) is 0 Å². The number of carbonyl (C=O) groups excluding carboxylic acids is 2. The van der Waals surface area contributed by atoms with Crippen molar-refractivity contribution in [2.45, 2.75) is 84.8 Å². The first-order chi connectivity index (χ1) is 17.0. The molecule has 9 nitrogen and oxygen atoms in total. The number of pyridine rings is 1. The van der Waals surface area contributed by atoms with Gasteiger partial charge < -0.3 is 24.1 Å². The van der Waals surface area contributed by atoms with E-state index in [-0.39, 0.29) is 24.5 Å². The minimum atomic E-state index is -0.460. The number of alkyl carbamates (subject to hydrolysis) is 1. The van der Waals surface area contributed by atoms with Gasteiger partial charge >= 0.3 is 12.1 Å². The standard InChI is InChI=1S/C26H37N3O6/c1-4-6-7-8-14-33-26(31)28-17-22-18(3)29-35-24(22)23-13-12-21(16-27-23)34-20-11-9-10-19(15-20)25(30)32-5-2/h12-13,16,19-20H,4-11,14-15,17H2,1-3H3,(H,28,31)/t19-,20-/m0/s1. The van der Waals surface area contributed by atoms with Crippen molar-refractivity contribution in [2.24, 2.45) is 5.92 Å². The lowest BCUT2D eigenvalue weighted by molar-refractivity contribution is -0.150. The summed E-state index contributed by atoms with van der Waals surface area (Å²) in [5.41, 5.74) is 2.02. The minimum absolute atomic E-state index is 0.0499. The Labute approximate surface area is 206 Å². The van der Waals surface area contributed by atoms with E-state index in [0.29, 0.717) is 42.5 Å². The summed E-state index contributed by atoms with van der Waals surface area (Å²) in [6.45, 7) is 6.81. The van der Waals surface area contributed by atoms with Gasteiger partial charge in [-0.1, -0.05) is 31.3 Å². The van der Waals surface area contributed by atoms with Gasteiger partial charge in [0.2, 0.25) is 0 Å². The second-order valence-electron chi connectivity index (χ2n) is 8.86. The molecule has 35 heavy (non-hydrogen) atoms. The molecule has 0 saturated heterocycles. The minimum Gasteiger partial charge on any atom is -0.489 e. The van der Waals surface area contributed by atoms with E-state index in [9.17, 15) is 9.59 Å². The topological polar surface area (TPSA) is 113 Å². The molecule has 0 unspecified atom stereocenters. The molecule has 2 atom stereocenters. The highest BCUT2D eigenvalue weighted by Crippen LogP contribution is 2.30. The van der Waals surface area contributed by atoms with Crippen LogP contribution in [-0.4, -0.2) is 41.5 Å². The van der Waals surface area contributed by atoms with E-state index in [1.54, 1.807) is 12.3 Å². The van der Waals surface area contributed by atoms with Crippen molar-refractivity contribution in [1.29, 1.82) is 0 Å². The average Bonchev–Trinajstić information content (AvgIpc) is 3.23. The number of ether oxygens (including phenoxy) is 3. The molecule has 9 heteroatoms. The Morgan fingerprint density at radius 3 is 2.74 bits per heavy atom. The van der Waals surface area contributed by atoms with Crippen LogP contribution >= 0.6 is 0 Å². The summed E-state index contributed by atoms with van der Waals surface area (Å²) >= 11 is 0. The molecule has 0 aliphatic heterocycles. The second kappa shape index (κ2) is 13.7. The highest BCUT2D eigenvalue weighted by molar-refractivity contribution is 5.72. The van der Waals surface area contributed by atoms with Gasteiger partial charge in [-0.2, -0.15) is 0 Å². The molecule has 0 bridgehead atoms. The molecule has 0 aromatic carbocycles. The number of nitrogens with zero attached hydrogens (tertiary/aromatic N) is 2. The fourth-order valence-electron chi connectivity index (χ4n) is 4.21. The fraction of sp³-hybridized carbons (Fsp3) is 0.615. The molecular weight excluding hydrogens is 450 g/mol. The van der Waals surface area contributed by atoms with E-state index in [4.69, 9.17) is 18.7 Å². The predicted molar refractivity (Wildman–Crippen MR) is 130 cm³/mol. The number of aromatic nitrogens is 2. The second-order valence-corrected chi connectivity index (χ2v) is 8.86. The van der Waals surface area contributed by atoms with Gasteiger partial charge in [0.25, 0.3) is 0 Å². The van der Waals surface area contributed by atoms with Crippen LogP contribution < -0.4 is 10.1 Å². The number of aryl methyl sites for hydroxylation is 1. The van der Waals surface area contributed by atoms with Gasteiger partial charge in [0.1, 0.15) is 11.4 Å². The largest absolute Gasteiger partial charge is 0.489 e. The normalized spacial score (nSPS) is 17.6. The maximum absolute atomic E-state index is 12.1. The molecule has 1 fully saturated rings. The summed E-state index contributed by atoms with van der Waals surface area (Å²) in [6, 6.07) is 3.63. The lowest BCUT2D eigenvalue weighted by Crippen LogP contribution is -2.30. The highest BCUT2D eigenvalue weighted by atomic mass is 16.5. The van der Waals surface area contributed by atoms with Gasteiger partial charge in [-0.25, -0.2) is 9.78 Å². The third-order valence-electron chi connectivity index (χ3n) is 6.14. The Morgan fingerprint density at radius 1 is 1.14 bits per heavy atom. The highest BCUT2D eigenvalue weighted by Gasteiger charge is 2.29. The summed E-state index contributed by atoms with van der Waals surface area (Å²) in [4.78, 5) is 28.6. The monoisotopic (exact) mass is 487 g/mol. The van der Waals surface area contributed by atoms with Crippen molar-refractivity contribution in [3.05, 3.63) is 29.6 Å². The van der Waals surface area contributed by atoms with E-state index < -0.39 is 6.09 Å². The van der Waals surface area contributed by atoms with E-state index in [1.807, 2.05) is 19.9 Å². The van der Waals surface area contributed by atoms with Gasteiger partial charge in [-0.15, -0.1) is 0 Å². The number of rotatable bonds is 12. The smallest absolute Gasteiger partial charge is 0.407 e. The Balaban J connectivity index is 1.54. The Hall–Kier alpha value is -3.10. The molecule has 2 aromatic rings. The zero-order chi connectivity index (χ0) is 25.0. The SMILES string of the molecule is CCCCCCOC(=O)NCc1c(C)noc1-c1ccc(O[C@H]2CCC[C@H](C(=O)OCC)C2)cn1. The number of amides is 1. The Morgan fingerprint density at radius 2 is 2.00 bits per heavy atom. The van der Waals surface area contributed by atoms with Crippen molar-refractivity contribution in [3.8, 4) is 17.2 Å². The van der Waals surface area contributed by atoms with Gasteiger partial charge in [0.15, 0.2) is 5.76 Å². The number of nitrogens with one attached hydrogen (secondary N) is 1. The van der Waals surface area contributed by atoms with Crippen LogP contribution in [0.3, 0.4) is 0 Å². The van der Waals surface area contributed by atoms with Gasteiger partial charge in [-0.05, 0) is 58.1 Å². The molecule has 2 heterocycles. The van der Waals surface area contributed by atoms with Gasteiger partial charge in [0.05, 0.1) is 43.7 Å². The van der Waals surface area contributed by atoms with Crippen LogP contribution in [-0.2, 0) is 20.8 Å². The van der Waals surface area contributed by atoms with Crippen molar-refractivity contribution in [3.63, 3.8) is 0 Å². The van der Waals surface area contributed by atoms with Crippen LogP contribution in [0.1, 0.15) is 76.5 Å². The molecule has 1 aliphatic rings. The first kappa shape index (κ1) is 26.5. The number of carbonyl (C=O) groups is 2. The molecule has 1 aliphatic carbocycles. The first-order valence-corrected chi connectivity index (χ1v) is 12.7. The van der Waals surface area contributed by atoms with E-state index in [0.717, 1.165) is 50.5 Å². The van der Waals surface area contributed by atoms with E-state index >= 15 is 0 Å². The average molecular weight is 488 g/mol. The molecule has 3 rings (SSSR count). The van der Waals surface area contributed by atoms with Crippen molar-refractivity contribution in [2.75, 3.05) is 13.2 Å². The van der Waals surface area contributed by atoms with Crippen molar-refractivity contribution >= 4 is 12.1 Å². The zero-order valence-corrected chi connectivity index (χ0v) is 21.0. The van der Waals surface area contributed by atoms with Crippen LogP contribution in [0.25, 0.3) is 11.5 Å². The van der Waals surface area contributed by atoms with Crippen molar-refractivity contribution < 1.29 is 28.3 Å². The maximum atomic E-state index is 12.1. The summed E-state index contributed by atoms with van der Waals surface area (Å²) in [6.07, 6.45) is 8.62. The molecule has 0 spiro atoms.